The number of hydrogen-bond acceptors (Lipinski definition) is 4. The van der Waals surface area contributed by atoms with Gasteiger partial charge in [0.05, 0.1) is 6.04 Å². The van der Waals surface area contributed by atoms with Crippen LogP contribution in [0.15, 0.2) is 4.79 Å². The Labute approximate surface area is 113 Å². The number of unbranched alkanes of at least 4 members (excludes halogenated alkanes) is 1. The minimum atomic E-state index is -0.174. The van der Waals surface area contributed by atoms with Crippen molar-refractivity contribution in [2.45, 2.75) is 63.5 Å². The van der Waals surface area contributed by atoms with Gasteiger partial charge in [-0.15, -0.1) is 0 Å². The lowest BCUT2D eigenvalue weighted by Gasteiger charge is -2.24. The maximum Gasteiger partial charge on any atom is 0.343 e. The molecule has 1 aromatic rings. The third kappa shape index (κ3) is 3.45. The fraction of sp³-hybridized carbons (Fsp3) is 0.846. The molecular weight excluding hydrogens is 242 g/mol. The highest BCUT2D eigenvalue weighted by Gasteiger charge is 2.23. The average Bonchev–Trinajstić information content (AvgIpc) is 2.82. The molecule has 1 heterocycles. The second kappa shape index (κ2) is 6.86. The van der Waals surface area contributed by atoms with Gasteiger partial charge in [0.25, 0.3) is 0 Å². The SMILES string of the molecule is NCCCCC(N)c1n[nH]c(=O)n1C1CCCCC1. The Kier molecular flexibility index (Phi) is 5.15. The highest BCUT2D eigenvalue weighted by molar-refractivity contribution is 4.97. The Bertz CT molecular complexity index is 432. The second-order valence-corrected chi connectivity index (χ2v) is 5.44. The van der Waals surface area contributed by atoms with E-state index in [4.69, 9.17) is 11.5 Å². The average molecular weight is 267 g/mol. The third-order valence-electron chi connectivity index (χ3n) is 3.97. The van der Waals surface area contributed by atoms with Crippen LogP contribution in [-0.4, -0.2) is 21.3 Å². The first-order valence-electron chi connectivity index (χ1n) is 7.36. The van der Waals surface area contributed by atoms with Gasteiger partial charge in [0, 0.05) is 6.04 Å². The fourth-order valence-electron chi connectivity index (χ4n) is 2.91. The first-order valence-corrected chi connectivity index (χ1v) is 7.36. The Balaban J connectivity index is 2.09. The van der Waals surface area contributed by atoms with Gasteiger partial charge in [-0.1, -0.05) is 25.7 Å². The summed E-state index contributed by atoms with van der Waals surface area (Å²) in [5.74, 6) is 0.717. The van der Waals surface area contributed by atoms with E-state index in [1.54, 1.807) is 4.57 Å². The molecule has 1 aliphatic rings. The number of nitrogens with zero attached hydrogens (tertiary/aromatic N) is 2. The Morgan fingerprint density at radius 2 is 2.05 bits per heavy atom. The zero-order chi connectivity index (χ0) is 13.7. The van der Waals surface area contributed by atoms with Gasteiger partial charge >= 0.3 is 5.69 Å². The summed E-state index contributed by atoms with van der Waals surface area (Å²) in [5, 5.41) is 6.70. The summed E-state index contributed by atoms with van der Waals surface area (Å²) in [5.41, 5.74) is 11.5. The normalized spacial score (nSPS) is 18.6. The molecule has 6 nitrogen and oxygen atoms in total. The van der Waals surface area contributed by atoms with Crippen molar-refractivity contribution in [3.05, 3.63) is 16.3 Å². The molecule has 1 fully saturated rings. The molecule has 1 unspecified atom stereocenters. The maximum absolute atomic E-state index is 11.9. The molecule has 19 heavy (non-hydrogen) atoms. The molecule has 108 valence electrons. The molecule has 0 spiro atoms. The topological polar surface area (TPSA) is 103 Å². The van der Waals surface area contributed by atoms with Crippen molar-refractivity contribution < 1.29 is 0 Å². The number of nitrogens with two attached hydrogens (primary N) is 2. The third-order valence-corrected chi connectivity index (χ3v) is 3.97. The molecule has 0 saturated heterocycles. The number of nitrogens with one attached hydrogen (secondary N) is 1. The zero-order valence-electron chi connectivity index (χ0n) is 11.5. The van der Waals surface area contributed by atoms with Crippen LogP contribution in [0.4, 0.5) is 0 Å². The van der Waals surface area contributed by atoms with Crippen molar-refractivity contribution in [2.24, 2.45) is 11.5 Å². The van der Waals surface area contributed by atoms with Gasteiger partial charge in [0.1, 0.15) is 0 Å². The van der Waals surface area contributed by atoms with Gasteiger partial charge in [0.15, 0.2) is 5.82 Å². The van der Waals surface area contributed by atoms with Gasteiger partial charge in [-0.2, -0.15) is 5.10 Å². The van der Waals surface area contributed by atoms with Crippen LogP contribution < -0.4 is 17.2 Å². The van der Waals surface area contributed by atoms with Crippen molar-refractivity contribution in [3.63, 3.8) is 0 Å². The zero-order valence-corrected chi connectivity index (χ0v) is 11.5. The van der Waals surface area contributed by atoms with Crippen LogP contribution in [-0.2, 0) is 0 Å². The van der Waals surface area contributed by atoms with E-state index < -0.39 is 0 Å². The van der Waals surface area contributed by atoms with E-state index in [-0.39, 0.29) is 17.8 Å². The van der Waals surface area contributed by atoms with Crippen LogP contribution in [0.3, 0.4) is 0 Å². The lowest BCUT2D eigenvalue weighted by atomic mass is 9.95. The van der Waals surface area contributed by atoms with E-state index in [0.717, 1.165) is 32.1 Å². The Hall–Kier alpha value is -1.14. The Morgan fingerprint density at radius 1 is 1.32 bits per heavy atom. The summed E-state index contributed by atoms with van der Waals surface area (Å²) in [6.07, 6.45) is 8.52. The highest BCUT2D eigenvalue weighted by Crippen LogP contribution is 2.29. The summed E-state index contributed by atoms with van der Waals surface area (Å²) in [4.78, 5) is 11.9. The summed E-state index contributed by atoms with van der Waals surface area (Å²) < 4.78 is 1.80. The van der Waals surface area contributed by atoms with Crippen molar-refractivity contribution in [1.29, 1.82) is 0 Å². The predicted molar refractivity (Wildman–Crippen MR) is 74.8 cm³/mol. The molecule has 0 aliphatic heterocycles. The molecule has 5 N–H and O–H groups in total. The summed E-state index contributed by atoms with van der Waals surface area (Å²) in [6.45, 7) is 0.683. The number of aromatic nitrogens is 3. The summed E-state index contributed by atoms with van der Waals surface area (Å²) in [6, 6.07) is 0.1000. The van der Waals surface area contributed by atoms with E-state index in [1.807, 2.05) is 0 Å². The number of H-pyrrole nitrogens is 1. The number of aromatic amines is 1. The minimum Gasteiger partial charge on any atom is -0.330 e. The van der Waals surface area contributed by atoms with Crippen molar-refractivity contribution >= 4 is 0 Å². The molecule has 0 radical (unpaired) electrons. The highest BCUT2D eigenvalue weighted by atomic mass is 16.1. The van der Waals surface area contributed by atoms with E-state index in [2.05, 4.69) is 10.2 Å². The summed E-state index contributed by atoms with van der Waals surface area (Å²) in [7, 11) is 0. The van der Waals surface area contributed by atoms with Crippen molar-refractivity contribution in [3.8, 4) is 0 Å². The molecule has 1 saturated carbocycles. The van der Waals surface area contributed by atoms with Gasteiger partial charge in [0.2, 0.25) is 0 Å². The van der Waals surface area contributed by atoms with Gasteiger partial charge < -0.3 is 11.5 Å². The standard InChI is InChI=1S/C13H25N5O/c14-9-5-4-8-11(15)12-16-17-13(19)18(12)10-6-2-1-3-7-10/h10-11H,1-9,14-15H2,(H,17,19). The van der Waals surface area contributed by atoms with E-state index in [1.165, 1.54) is 19.3 Å². The van der Waals surface area contributed by atoms with Crippen LogP contribution in [0.5, 0.6) is 0 Å². The minimum absolute atomic E-state index is 0.115. The van der Waals surface area contributed by atoms with Crippen LogP contribution in [0.1, 0.15) is 69.3 Å². The van der Waals surface area contributed by atoms with E-state index in [0.29, 0.717) is 12.4 Å². The fourth-order valence-corrected chi connectivity index (χ4v) is 2.91. The van der Waals surface area contributed by atoms with Gasteiger partial charge in [-0.05, 0) is 32.2 Å². The molecule has 1 aliphatic carbocycles. The van der Waals surface area contributed by atoms with Crippen LogP contribution in [0.25, 0.3) is 0 Å². The van der Waals surface area contributed by atoms with Crippen molar-refractivity contribution in [1.82, 2.24) is 14.8 Å². The van der Waals surface area contributed by atoms with Gasteiger partial charge in [-0.25, -0.2) is 9.89 Å². The molecular formula is C13H25N5O. The lowest BCUT2D eigenvalue weighted by molar-refractivity contribution is 0.332. The smallest absolute Gasteiger partial charge is 0.330 e. The second-order valence-electron chi connectivity index (χ2n) is 5.44. The first-order chi connectivity index (χ1) is 9.24. The summed E-state index contributed by atoms with van der Waals surface area (Å²) >= 11 is 0. The molecule has 2 rings (SSSR count). The van der Waals surface area contributed by atoms with Crippen LogP contribution in [0.2, 0.25) is 0 Å². The number of rotatable bonds is 6. The molecule has 0 amide bonds. The molecule has 1 aromatic heterocycles. The molecule has 0 bridgehead atoms. The van der Waals surface area contributed by atoms with Crippen molar-refractivity contribution in [2.75, 3.05) is 6.54 Å². The van der Waals surface area contributed by atoms with Crippen LogP contribution >= 0.6 is 0 Å². The molecule has 0 aromatic carbocycles. The maximum atomic E-state index is 11.9. The number of hydrogen-bond donors (Lipinski definition) is 3. The van der Waals surface area contributed by atoms with Crippen LogP contribution in [0, 0.1) is 0 Å². The molecule has 6 heteroatoms. The lowest BCUT2D eigenvalue weighted by Crippen LogP contribution is -2.28. The largest absolute Gasteiger partial charge is 0.343 e. The van der Waals surface area contributed by atoms with E-state index >= 15 is 0 Å². The Morgan fingerprint density at radius 3 is 2.74 bits per heavy atom. The quantitative estimate of drug-likeness (QED) is 0.674. The van der Waals surface area contributed by atoms with E-state index in [9.17, 15) is 4.79 Å². The van der Waals surface area contributed by atoms with Gasteiger partial charge in [-0.3, -0.25) is 4.57 Å². The predicted octanol–water partition coefficient (Wildman–Crippen LogP) is 1.21. The monoisotopic (exact) mass is 267 g/mol. The molecule has 1 atom stereocenters. The first kappa shape index (κ1) is 14.3.